The Labute approximate surface area is 197 Å². The Bertz CT molecular complexity index is 1060. The van der Waals surface area contributed by atoms with Crippen molar-refractivity contribution in [3.05, 3.63) is 65.5 Å². The normalized spacial score (nSPS) is 20.9. The van der Waals surface area contributed by atoms with Crippen LogP contribution in [0, 0.1) is 5.92 Å². The Morgan fingerprint density at radius 3 is 2.82 bits per heavy atom. The summed E-state index contributed by atoms with van der Waals surface area (Å²) in [4.78, 5) is 23.1. The maximum atomic E-state index is 12.2. The number of rotatable bonds is 6. The smallest absolute Gasteiger partial charge is 0.297 e. The molecule has 1 aliphatic carbocycles. The van der Waals surface area contributed by atoms with Crippen LogP contribution in [0.1, 0.15) is 41.8 Å². The minimum atomic E-state index is -0.674. The molecule has 9 heteroatoms. The lowest BCUT2D eigenvalue weighted by atomic mass is 9.85. The predicted molar refractivity (Wildman–Crippen MR) is 128 cm³/mol. The van der Waals surface area contributed by atoms with Gasteiger partial charge in [-0.25, -0.2) is 0 Å². The molecule has 0 bridgehead atoms. The fraction of sp³-hybridized carbons (Fsp3) is 0.375. The highest BCUT2D eigenvalue weighted by Gasteiger charge is 2.24. The van der Waals surface area contributed by atoms with Crippen molar-refractivity contribution in [2.75, 3.05) is 19.8 Å². The zero-order chi connectivity index (χ0) is 23.2. The van der Waals surface area contributed by atoms with E-state index in [0.29, 0.717) is 29.2 Å². The molecule has 2 heterocycles. The second kappa shape index (κ2) is 10.8. The van der Waals surface area contributed by atoms with Crippen LogP contribution in [0.5, 0.6) is 0 Å². The number of nitrogens with one attached hydrogen (secondary N) is 2. The molecule has 2 aliphatic rings. The fourth-order valence-electron chi connectivity index (χ4n) is 4.09. The van der Waals surface area contributed by atoms with Crippen molar-refractivity contribution in [3.8, 4) is 11.3 Å². The second-order valence-electron chi connectivity index (χ2n) is 8.30. The fourth-order valence-corrected chi connectivity index (χ4v) is 4.40. The molecule has 4 rings (SSSR count). The number of hydrogen-bond acceptors (Lipinski definition) is 7. The lowest BCUT2D eigenvalue weighted by Gasteiger charge is -2.25. The van der Waals surface area contributed by atoms with E-state index in [2.05, 4.69) is 40.3 Å². The molecule has 174 valence electrons. The highest BCUT2D eigenvalue weighted by molar-refractivity contribution is 8.12. The van der Waals surface area contributed by atoms with Gasteiger partial charge >= 0.3 is 0 Å². The van der Waals surface area contributed by atoms with E-state index in [0.717, 1.165) is 43.9 Å². The lowest BCUT2D eigenvalue weighted by Crippen LogP contribution is -2.36. The number of primary amides is 1. The molecule has 4 N–H and O–H groups in total. The molecule has 2 amide bonds. The van der Waals surface area contributed by atoms with Crippen molar-refractivity contribution >= 4 is 23.1 Å². The van der Waals surface area contributed by atoms with Crippen LogP contribution in [0.2, 0.25) is 0 Å². The number of allylic oxidation sites excluding steroid dienone is 2. The summed E-state index contributed by atoms with van der Waals surface area (Å²) in [6.07, 6.45) is 8.72. The molecule has 33 heavy (non-hydrogen) atoms. The Hall–Kier alpha value is -2.88. The second-order valence-corrected chi connectivity index (χ2v) is 9.11. The molecule has 2 aromatic rings. The third kappa shape index (κ3) is 6.13. The summed E-state index contributed by atoms with van der Waals surface area (Å²) in [5.41, 5.74) is 8.14. The highest BCUT2D eigenvalue weighted by atomic mass is 32.2. The monoisotopic (exact) mass is 468 g/mol. The number of ether oxygens (including phenoxy) is 1. The molecule has 8 nitrogen and oxygen atoms in total. The number of nitrogens with two attached hydrogens (primary N) is 1. The Morgan fingerprint density at radius 1 is 1.24 bits per heavy atom. The van der Waals surface area contributed by atoms with Crippen molar-refractivity contribution < 1.29 is 18.8 Å². The van der Waals surface area contributed by atoms with E-state index in [1.165, 1.54) is 5.57 Å². The van der Waals surface area contributed by atoms with Crippen LogP contribution < -0.4 is 15.8 Å². The van der Waals surface area contributed by atoms with Crippen LogP contribution in [-0.4, -0.2) is 42.1 Å². The summed E-state index contributed by atoms with van der Waals surface area (Å²) in [5.74, 6) is 0.738. The minimum Gasteiger partial charge on any atom is -0.381 e. The number of carbonyl (C=O) groups excluding carboxylic acids is 2. The summed E-state index contributed by atoms with van der Waals surface area (Å²) < 4.78 is 13.5. The van der Waals surface area contributed by atoms with E-state index in [4.69, 9.17) is 15.0 Å². The number of aromatic nitrogens is 1. The Kier molecular flexibility index (Phi) is 7.64. The average Bonchev–Trinajstić information content (AvgIpc) is 3.32. The Balaban J connectivity index is 1.39. The number of carbonyl (C=O) groups is 2. The highest BCUT2D eigenvalue weighted by Crippen LogP contribution is 2.34. The van der Waals surface area contributed by atoms with Gasteiger partial charge in [0, 0.05) is 48.9 Å². The maximum Gasteiger partial charge on any atom is 0.297 e. The summed E-state index contributed by atoms with van der Waals surface area (Å²) in [5, 5.41) is 7.17. The lowest BCUT2D eigenvalue weighted by molar-refractivity contribution is 0.0788. The van der Waals surface area contributed by atoms with Crippen LogP contribution in [-0.2, 0) is 4.74 Å². The van der Waals surface area contributed by atoms with Gasteiger partial charge in [0.15, 0.2) is 0 Å². The van der Waals surface area contributed by atoms with Crippen LogP contribution in [0.3, 0.4) is 0 Å². The predicted octanol–water partition coefficient (Wildman–Crippen LogP) is 3.78. The standard InChI is InChI=1S/C24H28N4O4S/c1-15-11-16(14-26-19-7-9-31-10-8-19)5-6-20(15)22-13-21(27-32-22)17-3-2-4-18(12-17)23(29)28-33-24(25)30/h2-6,11-13,15,19-20,26H,7-10,14H2,1H3,(H2,25,30)(H,28,29). The van der Waals surface area contributed by atoms with Gasteiger partial charge in [-0.2, -0.15) is 0 Å². The van der Waals surface area contributed by atoms with E-state index in [9.17, 15) is 9.59 Å². The van der Waals surface area contributed by atoms with Gasteiger partial charge in [0.2, 0.25) is 0 Å². The molecule has 1 aliphatic heterocycles. The summed E-state index contributed by atoms with van der Waals surface area (Å²) in [7, 11) is 0. The zero-order valence-electron chi connectivity index (χ0n) is 18.5. The topological polar surface area (TPSA) is 119 Å². The summed E-state index contributed by atoms with van der Waals surface area (Å²) >= 11 is 0.553. The van der Waals surface area contributed by atoms with E-state index in [-0.39, 0.29) is 11.8 Å². The van der Waals surface area contributed by atoms with Crippen molar-refractivity contribution in [1.29, 1.82) is 0 Å². The first-order valence-corrected chi connectivity index (χ1v) is 11.8. The third-order valence-corrected chi connectivity index (χ3v) is 6.39. The molecule has 1 aromatic heterocycles. The first kappa shape index (κ1) is 23.3. The zero-order valence-corrected chi connectivity index (χ0v) is 19.3. The Morgan fingerprint density at radius 2 is 2.06 bits per heavy atom. The molecular formula is C24H28N4O4S. The van der Waals surface area contributed by atoms with Gasteiger partial charge in [-0.3, -0.25) is 14.3 Å². The van der Waals surface area contributed by atoms with E-state index in [1.807, 2.05) is 12.1 Å². The number of hydrogen-bond donors (Lipinski definition) is 3. The average molecular weight is 469 g/mol. The van der Waals surface area contributed by atoms with E-state index in [1.54, 1.807) is 18.2 Å². The molecule has 1 fully saturated rings. The molecular weight excluding hydrogens is 440 g/mol. The van der Waals surface area contributed by atoms with E-state index >= 15 is 0 Å². The van der Waals surface area contributed by atoms with Crippen LogP contribution in [0.25, 0.3) is 11.3 Å². The summed E-state index contributed by atoms with van der Waals surface area (Å²) in [6, 6.07) is 9.42. The van der Waals surface area contributed by atoms with E-state index < -0.39 is 11.1 Å². The largest absolute Gasteiger partial charge is 0.381 e. The minimum absolute atomic E-state index is 0.0940. The number of benzene rings is 1. The molecule has 0 saturated carbocycles. The molecule has 2 unspecified atom stereocenters. The van der Waals surface area contributed by atoms with Gasteiger partial charge in [0.05, 0.1) is 11.9 Å². The van der Waals surface area contributed by atoms with Gasteiger partial charge in [0.1, 0.15) is 11.5 Å². The van der Waals surface area contributed by atoms with Gasteiger partial charge in [-0.15, -0.1) is 0 Å². The molecule has 1 saturated heterocycles. The SMILES string of the molecule is CC1C=C(CNC2CCOCC2)C=CC1c1cc(-c2cccc(C(=O)NSC(N)=O)c2)no1. The molecule has 2 atom stereocenters. The first-order chi connectivity index (χ1) is 16.0. The maximum absolute atomic E-state index is 12.2. The molecule has 1 aromatic carbocycles. The number of nitrogens with zero attached hydrogens (tertiary/aromatic N) is 1. The van der Waals surface area contributed by atoms with Crippen molar-refractivity contribution in [1.82, 2.24) is 15.2 Å². The quantitative estimate of drug-likeness (QED) is 0.552. The van der Waals surface area contributed by atoms with Gasteiger partial charge < -0.3 is 20.3 Å². The van der Waals surface area contributed by atoms with Crippen LogP contribution in [0.15, 0.2) is 58.7 Å². The third-order valence-electron chi connectivity index (χ3n) is 5.90. The first-order valence-electron chi connectivity index (χ1n) is 11.0. The molecule has 0 radical (unpaired) electrons. The number of amides is 2. The van der Waals surface area contributed by atoms with Crippen LogP contribution in [0.4, 0.5) is 4.79 Å². The molecule has 0 spiro atoms. The van der Waals surface area contributed by atoms with Gasteiger partial charge in [-0.05, 0) is 36.5 Å². The van der Waals surface area contributed by atoms with Crippen molar-refractivity contribution in [3.63, 3.8) is 0 Å². The van der Waals surface area contributed by atoms with Gasteiger partial charge in [-0.1, -0.05) is 42.4 Å². The van der Waals surface area contributed by atoms with Crippen LogP contribution >= 0.6 is 11.9 Å². The van der Waals surface area contributed by atoms with Crippen molar-refractivity contribution in [2.24, 2.45) is 11.7 Å². The summed E-state index contributed by atoms with van der Waals surface area (Å²) in [6.45, 7) is 4.69. The van der Waals surface area contributed by atoms with Crippen molar-refractivity contribution in [2.45, 2.75) is 31.7 Å². The van der Waals surface area contributed by atoms with Gasteiger partial charge in [0.25, 0.3) is 11.1 Å².